The van der Waals surface area contributed by atoms with Crippen LogP contribution in [-0.4, -0.2) is 51.2 Å². The molecular formula is C19H23N5O3. The summed E-state index contributed by atoms with van der Waals surface area (Å²) < 4.78 is 1.50. The van der Waals surface area contributed by atoms with Gasteiger partial charge in [0.15, 0.2) is 5.69 Å². The van der Waals surface area contributed by atoms with Crippen molar-refractivity contribution in [2.75, 3.05) is 19.6 Å². The first-order valence-corrected chi connectivity index (χ1v) is 9.43. The summed E-state index contributed by atoms with van der Waals surface area (Å²) in [5.74, 6) is 0.780. The molecule has 8 nitrogen and oxygen atoms in total. The highest BCUT2D eigenvalue weighted by Crippen LogP contribution is 2.28. The molecule has 1 amide bonds. The van der Waals surface area contributed by atoms with Gasteiger partial charge in [0, 0.05) is 37.5 Å². The predicted molar refractivity (Wildman–Crippen MR) is 99.9 cm³/mol. The molecule has 2 fully saturated rings. The fourth-order valence-electron chi connectivity index (χ4n) is 3.43. The van der Waals surface area contributed by atoms with Gasteiger partial charge in [0.05, 0.1) is 10.6 Å². The number of amides is 1. The van der Waals surface area contributed by atoms with Gasteiger partial charge in [-0.2, -0.15) is 5.10 Å². The van der Waals surface area contributed by atoms with Crippen LogP contribution in [0, 0.1) is 16.0 Å². The molecule has 0 radical (unpaired) electrons. The third-order valence-corrected chi connectivity index (χ3v) is 5.29. The number of nitrogens with zero attached hydrogens (tertiary/aromatic N) is 4. The van der Waals surface area contributed by atoms with Gasteiger partial charge < -0.3 is 10.2 Å². The molecule has 2 aromatic rings. The molecule has 142 valence electrons. The monoisotopic (exact) mass is 369 g/mol. The van der Waals surface area contributed by atoms with Crippen LogP contribution in [0.4, 0.5) is 5.69 Å². The number of nitro benzene ring substituents is 1. The van der Waals surface area contributed by atoms with Crippen LogP contribution in [0.5, 0.6) is 0 Å². The Balaban J connectivity index is 1.37. The molecule has 0 atom stereocenters. The van der Waals surface area contributed by atoms with Crippen LogP contribution in [0.1, 0.15) is 36.2 Å². The SMILES string of the molecule is O=C(c1ccn(-c2cccc([N+](=O)[O-])c2)n1)N1CCC(NCC2CC2)CC1. The molecule has 1 aromatic carbocycles. The average molecular weight is 369 g/mol. The van der Waals surface area contributed by atoms with Crippen LogP contribution in [0.3, 0.4) is 0 Å². The zero-order chi connectivity index (χ0) is 18.8. The second-order valence-electron chi connectivity index (χ2n) is 7.34. The molecule has 27 heavy (non-hydrogen) atoms. The van der Waals surface area contributed by atoms with E-state index in [9.17, 15) is 14.9 Å². The summed E-state index contributed by atoms with van der Waals surface area (Å²) in [5, 5.41) is 18.9. The number of aromatic nitrogens is 2. The lowest BCUT2D eigenvalue weighted by molar-refractivity contribution is -0.384. The van der Waals surface area contributed by atoms with Crippen LogP contribution >= 0.6 is 0 Å². The predicted octanol–water partition coefficient (Wildman–Crippen LogP) is 2.38. The Morgan fingerprint density at radius 2 is 2.00 bits per heavy atom. The minimum Gasteiger partial charge on any atom is -0.337 e. The van der Waals surface area contributed by atoms with Crippen LogP contribution < -0.4 is 5.32 Å². The molecule has 2 aliphatic rings. The molecule has 1 saturated heterocycles. The molecule has 1 aliphatic carbocycles. The maximum Gasteiger partial charge on any atom is 0.274 e. The van der Waals surface area contributed by atoms with E-state index in [0.717, 1.165) is 38.4 Å². The van der Waals surface area contributed by atoms with Crippen molar-refractivity contribution in [3.05, 3.63) is 52.3 Å². The largest absolute Gasteiger partial charge is 0.337 e. The van der Waals surface area contributed by atoms with Crippen molar-refractivity contribution in [1.29, 1.82) is 0 Å². The van der Waals surface area contributed by atoms with Gasteiger partial charge >= 0.3 is 0 Å². The van der Waals surface area contributed by atoms with E-state index < -0.39 is 4.92 Å². The number of hydrogen-bond acceptors (Lipinski definition) is 5. The second-order valence-corrected chi connectivity index (χ2v) is 7.34. The minimum absolute atomic E-state index is 0.00311. The van der Waals surface area contributed by atoms with Gasteiger partial charge in [0.25, 0.3) is 11.6 Å². The van der Waals surface area contributed by atoms with E-state index in [-0.39, 0.29) is 11.6 Å². The van der Waals surface area contributed by atoms with Crippen molar-refractivity contribution in [3.63, 3.8) is 0 Å². The molecule has 0 unspecified atom stereocenters. The molecule has 0 bridgehead atoms. The Hall–Kier alpha value is -2.74. The maximum absolute atomic E-state index is 12.7. The Labute approximate surface area is 157 Å². The first-order valence-electron chi connectivity index (χ1n) is 9.43. The summed E-state index contributed by atoms with van der Waals surface area (Å²) in [6, 6.07) is 8.37. The van der Waals surface area contributed by atoms with Crippen LogP contribution in [0.2, 0.25) is 0 Å². The summed E-state index contributed by atoms with van der Waals surface area (Å²) in [5.41, 5.74) is 0.925. The number of likely N-dealkylation sites (tertiary alicyclic amines) is 1. The van der Waals surface area contributed by atoms with Gasteiger partial charge in [-0.05, 0) is 50.3 Å². The van der Waals surface area contributed by atoms with Crippen molar-refractivity contribution >= 4 is 11.6 Å². The van der Waals surface area contributed by atoms with E-state index >= 15 is 0 Å². The van der Waals surface area contributed by atoms with E-state index in [1.165, 1.54) is 29.7 Å². The quantitative estimate of drug-likeness (QED) is 0.623. The average Bonchev–Trinajstić information content (AvgIpc) is 3.40. The Morgan fingerprint density at radius 3 is 2.70 bits per heavy atom. The van der Waals surface area contributed by atoms with Crippen molar-refractivity contribution in [2.24, 2.45) is 5.92 Å². The van der Waals surface area contributed by atoms with Crippen LogP contribution in [-0.2, 0) is 0 Å². The molecule has 1 aliphatic heterocycles. The molecule has 2 heterocycles. The number of non-ortho nitro benzene ring substituents is 1. The molecule has 1 saturated carbocycles. The molecule has 0 spiro atoms. The second kappa shape index (κ2) is 7.48. The Bertz CT molecular complexity index is 837. The van der Waals surface area contributed by atoms with Crippen LogP contribution in [0.25, 0.3) is 5.69 Å². The number of carbonyl (C=O) groups excluding carboxylic acids is 1. The third-order valence-electron chi connectivity index (χ3n) is 5.29. The van der Waals surface area contributed by atoms with Crippen molar-refractivity contribution in [2.45, 2.75) is 31.7 Å². The van der Waals surface area contributed by atoms with E-state index in [0.29, 0.717) is 17.4 Å². The zero-order valence-electron chi connectivity index (χ0n) is 15.1. The van der Waals surface area contributed by atoms with Gasteiger partial charge in [-0.3, -0.25) is 14.9 Å². The lowest BCUT2D eigenvalue weighted by atomic mass is 10.0. The summed E-state index contributed by atoms with van der Waals surface area (Å²) in [7, 11) is 0. The van der Waals surface area contributed by atoms with Gasteiger partial charge in [0.1, 0.15) is 0 Å². The smallest absolute Gasteiger partial charge is 0.274 e. The maximum atomic E-state index is 12.7. The van der Waals surface area contributed by atoms with Gasteiger partial charge in [0.2, 0.25) is 0 Å². The molecular weight excluding hydrogens is 346 g/mol. The Kier molecular flexibility index (Phi) is 4.89. The summed E-state index contributed by atoms with van der Waals surface area (Å²) >= 11 is 0. The third kappa shape index (κ3) is 4.16. The fourth-order valence-corrected chi connectivity index (χ4v) is 3.43. The number of nitrogens with one attached hydrogen (secondary N) is 1. The van der Waals surface area contributed by atoms with E-state index in [2.05, 4.69) is 10.4 Å². The number of nitro groups is 1. The number of piperidine rings is 1. The minimum atomic E-state index is -0.444. The van der Waals surface area contributed by atoms with Gasteiger partial charge in [-0.1, -0.05) is 6.07 Å². The van der Waals surface area contributed by atoms with Crippen molar-refractivity contribution in [3.8, 4) is 5.69 Å². The summed E-state index contributed by atoms with van der Waals surface area (Å²) in [6.45, 7) is 2.56. The molecule has 4 rings (SSSR count). The first-order chi connectivity index (χ1) is 13.1. The zero-order valence-corrected chi connectivity index (χ0v) is 15.1. The Morgan fingerprint density at radius 1 is 1.22 bits per heavy atom. The van der Waals surface area contributed by atoms with Gasteiger partial charge in [-0.15, -0.1) is 0 Å². The lowest BCUT2D eigenvalue weighted by Gasteiger charge is -2.32. The van der Waals surface area contributed by atoms with E-state index in [1.807, 2.05) is 4.90 Å². The van der Waals surface area contributed by atoms with E-state index in [1.54, 1.807) is 24.4 Å². The number of hydrogen-bond donors (Lipinski definition) is 1. The standard InChI is InChI=1S/C19H23N5O3/c25-19(22-9-6-15(7-10-22)20-13-14-4-5-14)18-8-11-23(21-18)16-2-1-3-17(12-16)24(26)27/h1-3,8,11-12,14-15,20H,4-7,9-10,13H2. The summed E-state index contributed by atoms with van der Waals surface area (Å²) in [4.78, 5) is 25.1. The van der Waals surface area contributed by atoms with E-state index in [4.69, 9.17) is 0 Å². The first kappa shape index (κ1) is 17.7. The highest BCUT2D eigenvalue weighted by molar-refractivity contribution is 5.92. The van der Waals surface area contributed by atoms with Gasteiger partial charge in [-0.25, -0.2) is 4.68 Å². The van der Waals surface area contributed by atoms with Crippen molar-refractivity contribution in [1.82, 2.24) is 20.0 Å². The highest BCUT2D eigenvalue weighted by Gasteiger charge is 2.27. The molecule has 1 aromatic heterocycles. The highest BCUT2D eigenvalue weighted by atomic mass is 16.6. The molecule has 1 N–H and O–H groups in total. The molecule has 8 heteroatoms. The summed E-state index contributed by atoms with van der Waals surface area (Å²) in [6.07, 6.45) is 6.28. The number of benzene rings is 1. The van der Waals surface area contributed by atoms with Crippen LogP contribution in [0.15, 0.2) is 36.5 Å². The normalized spacial score (nSPS) is 17.9. The van der Waals surface area contributed by atoms with Crippen molar-refractivity contribution < 1.29 is 9.72 Å². The fraction of sp³-hybridized carbons (Fsp3) is 0.474. The topological polar surface area (TPSA) is 93.3 Å². The lowest BCUT2D eigenvalue weighted by Crippen LogP contribution is -2.45. The number of rotatable bonds is 6. The number of carbonyl (C=O) groups is 1.